The molecule has 3 heterocycles. The van der Waals surface area contributed by atoms with E-state index in [2.05, 4.69) is 34.2 Å². The highest BCUT2D eigenvalue weighted by Gasteiger charge is 2.47. The van der Waals surface area contributed by atoms with Crippen molar-refractivity contribution in [2.24, 2.45) is 11.8 Å². The first-order valence-corrected chi connectivity index (χ1v) is 10.2. The third-order valence-electron chi connectivity index (χ3n) is 6.44. The summed E-state index contributed by atoms with van der Waals surface area (Å²) in [4.78, 5) is 21.9. The number of aromatic nitrogens is 3. The van der Waals surface area contributed by atoms with Gasteiger partial charge in [0.1, 0.15) is 18.4 Å². The first-order valence-electron chi connectivity index (χ1n) is 10.2. The fourth-order valence-corrected chi connectivity index (χ4v) is 5.08. The summed E-state index contributed by atoms with van der Waals surface area (Å²) in [6, 6.07) is 16.2. The molecular weight excluding hydrogens is 378 g/mol. The van der Waals surface area contributed by atoms with Crippen LogP contribution < -0.4 is 4.74 Å². The van der Waals surface area contributed by atoms with Gasteiger partial charge in [0.15, 0.2) is 0 Å². The number of fused-ring (bicyclic) bond motifs is 1. The van der Waals surface area contributed by atoms with Gasteiger partial charge in [0.2, 0.25) is 0 Å². The van der Waals surface area contributed by atoms with Gasteiger partial charge in [-0.1, -0.05) is 24.3 Å². The number of hydrogen-bond acceptors (Lipinski definition) is 5. The Hall–Kier alpha value is -3.19. The number of likely N-dealkylation sites (tertiary alicyclic amines) is 2. The molecular formula is C23H25N5O2. The van der Waals surface area contributed by atoms with E-state index in [-0.39, 0.29) is 5.91 Å². The van der Waals surface area contributed by atoms with Gasteiger partial charge in [0.25, 0.3) is 5.91 Å². The van der Waals surface area contributed by atoms with Gasteiger partial charge < -0.3 is 9.64 Å². The highest BCUT2D eigenvalue weighted by molar-refractivity contribution is 5.98. The molecule has 3 atom stereocenters. The second kappa shape index (κ2) is 7.57. The number of carbonyl (C=O) groups excluding carboxylic acids is 1. The zero-order valence-corrected chi connectivity index (χ0v) is 17.2. The largest absolute Gasteiger partial charge is 0.497 e. The van der Waals surface area contributed by atoms with E-state index < -0.39 is 0 Å². The second-order valence-electron chi connectivity index (χ2n) is 8.15. The number of rotatable bonds is 4. The van der Waals surface area contributed by atoms with Crippen molar-refractivity contribution in [1.82, 2.24) is 24.6 Å². The molecule has 1 aromatic heterocycles. The van der Waals surface area contributed by atoms with Crippen LogP contribution in [-0.2, 0) is 0 Å². The van der Waals surface area contributed by atoms with Crippen LogP contribution in [0.2, 0.25) is 0 Å². The lowest BCUT2D eigenvalue weighted by atomic mass is 9.89. The standard InChI is InChI=1S/C23H25N5O2/c1-26-11-17-12-27(13-20(17)22(26)16-7-9-18(30-2)10-8-16)23(29)19-5-3-4-6-21(19)28-15-24-14-25-28/h3-10,14-15,17,20,22H,11-13H2,1-2H3/t17-,20+,22-/m0/s1. The number of methoxy groups -OCH3 is 1. The lowest BCUT2D eigenvalue weighted by Gasteiger charge is -2.27. The molecule has 0 bridgehead atoms. The maximum Gasteiger partial charge on any atom is 0.256 e. The number of amides is 1. The minimum Gasteiger partial charge on any atom is -0.497 e. The van der Waals surface area contributed by atoms with E-state index in [0.29, 0.717) is 23.4 Å². The van der Waals surface area contributed by atoms with Crippen LogP contribution in [-0.4, -0.2) is 64.3 Å². The van der Waals surface area contributed by atoms with Crippen molar-refractivity contribution in [3.8, 4) is 11.4 Å². The van der Waals surface area contributed by atoms with Gasteiger partial charge in [0.05, 0.1) is 18.4 Å². The van der Waals surface area contributed by atoms with Crippen LogP contribution in [0.25, 0.3) is 5.69 Å². The van der Waals surface area contributed by atoms with Crippen LogP contribution in [0.3, 0.4) is 0 Å². The first-order chi connectivity index (χ1) is 14.7. The molecule has 0 N–H and O–H groups in total. The van der Waals surface area contributed by atoms with Gasteiger partial charge in [-0.05, 0) is 42.8 Å². The molecule has 2 aliphatic rings. The molecule has 1 amide bonds. The lowest BCUT2D eigenvalue weighted by molar-refractivity contribution is 0.0767. The summed E-state index contributed by atoms with van der Waals surface area (Å²) in [7, 11) is 3.86. The SMILES string of the molecule is COc1ccc([C@H]2[C@@H]3CN(C(=O)c4ccccc4-n4cncn4)C[C@@H]3CN2C)cc1. The maximum atomic E-state index is 13.4. The molecule has 2 saturated heterocycles. The van der Waals surface area contributed by atoms with Crippen molar-refractivity contribution in [3.63, 3.8) is 0 Å². The van der Waals surface area contributed by atoms with Crippen LogP contribution in [0.4, 0.5) is 0 Å². The summed E-state index contributed by atoms with van der Waals surface area (Å²) in [6.07, 6.45) is 3.11. The minimum atomic E-state index is 0.0617. The molecule has 154 valence electrons. The molecule has 0 saturated carbocycles. The summed E-state index contributed by atoms with van der Waals surface area (Å²) in [5, 5.41) is 4.21. The van der Waals surface area contributed by atoms with Gasteiger partial charge in [-0.25, -0.2) is 9.67 Å². The van der Waals surface area contributed by atoms with E-state index in [4.69, 9.17) is 4.74 Å². The van der Waals surface area contributed by atoms with E-state index in [0.717, 1.165) is 31.1 Å². The van der Waals surface area contributed by atoms with E-state index in [1.54, 1.807) is 18.1 Å². The van der Waals surface area contributed by atoms with Crippen LogP contribution >= 0.6 is 0 Å². The van der Waals surface area contributed by atoms with Gasteiger partial charge in [-0.3, -0.25) is 9.69 Å². The first kappa shape index (κ1) is 18.8. The highest BCUT2D eigenvalue weighted by Crippen LogP contribution is 2.44. The summed E-state index contributed by atoms with van der Waals surface area (Å²) < 4.78 is 6.96. The predicted octanol–water partition coefficient (Wildman–Crippen LogP) is 2.65. The Kier molecular flexibility index (Phi) is 4.75. The Morgan fingerprint density at radius 3 is 2.60 bits per heavy atom. The fourth-order valence-electron chi connectivity index (χ4n) is 5.08. The van der Waals surface area contributed by atoms with Crippen LogP contribution in [0.5, 0.6) is 5.75 Å². The summed E-state index contributed by atoms with van der Waals surface area (Å²) in [6.45, 7) is 2.54. The van der Waals surface area contributed by atoms with E-state index in [1.165, 1.54) is 11.9 Å². The third-order valence-corrected chi connectivity index (χ3v) is 6.44. The molecule has 0 unspecified atom stereocenters. The summed E-state index contributed by atoms with van der Waals surface area (Å²) >= 11 is 0. The molecule has 0 spiro atoms. The Morgan fingerprint density at radius 2 is 1.87 bits per heavy atom. The molecule has 30 heavy (non-hydrogen) atoms. The minimum absolute atomic E-state index is 0.0617. The van der Waals surface area contributed by atoms with Gasteiger partial charge in [0, 0.05) is 31.6 Å². The molecule has 7 nitrogen and oxygen atoms in total. The number of benzene rings is 2. The van der Waals surface area contributed by atoms with Crippen LogP contribution in [0, 0.1) is 11.8 Å². The van der Waals surface area contributed by atoms with Gasteiger partial charge >= 0.3 is 0 Å². The summed E-state index contributed by atoms with van der Waals surface area (Å²) in [5.41, 5.74) is 2.71. The number of para-hydroxylation sites is 1. The lowest BCUT2D eigenvalue weighted by Crippen LogP contribution is -2.34. The molecule has 3 aromatic rings. The van der Waals surface area contributed by atoms with E-state index in [9.17, 15) is 4.79 Å². The Bertz CT molecular complexity index is 1030. The van der Waals surface area contributed by atoms with Crippen molar-refractivity contribution in [3.05, 3.63) is 72.3 Å². The molecule has 2 fully saturated rings. The second-order valence-corrected chi connectivity index (χ2v) is 8.15. The maximum absolute atomic E-state index is 13.4. The molecule has 0 aliphatic carbocycles. The number of carbonyl (C=O) groups is 1. The molecule has 0 radical (unpaired) electrons. The average molecular weight is 403 g/mol. The predicted molar refractivity (Wildman–Crippen MR) is 113 cm³/mol. The monoisotopic (exact) mass is 403 g/mol. The van der Waals surface area contributed by atoms with Crippen molar-refractivity contribution >= 4 is 5.91 Å². The van der Waals surface area contributed by atoms with Crippen LogP contribution in [0.1, 0.15) is 22.0 Å². The third kappa shape index (κ3) is 3.15. The van der Waals surface area contributed by atoms with Crippen molar-refractivity contribution in [2.75, 3.05) is 33.8 Å². The van der Waals surface area contributed by atoms with Crippen molar-refractivity contribution in [2.45, 2.75) is 6.04 Å². The topological polar surface area (TPSA) is 63.5 Å². The Labute approximate surface area is 175 Å². The van der Waals surface area contributed by atoms with Crippen molar-refractivity contribution < 1.29 is 9.53 Å². The summed E-state index contributed by atoms with van der Waals surface area (Å²) in [5.74, 6) is 1.82. The van der Waals surface area contributed by atoms with Crippen LogP contribution in [0.15, 0.2) is 61.2 Å². The number of hydrogen-bond donors (Lipinski definition) is 0. The zero-order chi connectivity index (χ0) is 20.7. The van der Waals surface area contributed by atoms with E-state index in [1.807, 2.05) is 41.3 Å². The smallest absolute Gasteiger partial charge is 0.256 e. The number of nitrogens with zero attached hydrogens (tertiary/aromatic N) is 5. The fraction of sp³-hybridized carbons (Fsp3) is 0.348. The average Bonchev–Trinajstić information content (AvgIpc) is 3.50. The normalized spacial score (nSPS) is 23.5. The Morgan fingerprint density at radius 1 is 1.07 bits per heavy atom. The molecule has 2 aliphatic heterocycles. The highest BCUT2D eigenvalue weighted by atomic mass is 16.5. The quantitative estimate of drug-likeness (QED) is 0.670. The van der Waals surface area contributed by atoms with Gasteiger partial charge in [-0.2, -0.15) is 5.10 Å². The molecule has 7 heteroatoms. The molecule has 5 rings (SSSR count). The number of ether oxygens (including phenoxy) is 1. The zero-order valence-electron chi connectivity index (χ0n) is 17.2. The van der Waals surface area contributed by atoms with Crippen molar-refractivity contribution in [1.29, 1.82) is 0 Å². The van der Waals surface area contributed by atoms with E-state index >= 15 is 0 Å². The Balaban J connectivity index is 1.39. The molecule has 2 aromatic carbocycles. The van der Waals surface area contributed by atoms with Gasteiger partial charge in [-0.15, -0.1) is 0 Å².